The van der Waals surface area contributed by atoms with E-state index in [4.69, 9.17) is 4.74 Å². The van der Waals surface area contributed by atoms with E-state index in [9.17, 15) is 18.0 Å². The molecule has 0 aliphatic rings. The van der Waals surface area contributed by atoms with Crippen LogP contribution in [0.25, 0.3) is 10.8 Å². The molecule has 3 aromatic rings. The van der Waals surface area contributed by atoms with Crippen LogP contribution in [0, 0.1) is 0 Å². The van der Waals surface area contributed by atoms with Gasteiger partial charge in [-0.2, -0.15) is 13.2 Å². The van der Waals surface area contributed by atoms with Gasteiger partial charge in [-0.05, 0) is 53.9 Å². The minimum absolute atomic E-state index is 0.110. The summed E-state index contributed by atoms with van der Waals surface area (Å²) in [5.41, 5.74) is -0.177. The first kappa shape index (κ1) is 17.8. The van der Waals surface area contributed by atoms with E-state index in [1.54, 1.807) is 44.4 Å². The summed E-state index contributed by atoms with van der Waals surface area (Å²) >= 11 is 0. The molecule has 0 heterocycles. The topological polar surface area (TPSA) is 29.5 Å². The van der Waals surface area contributed by atoms with E-state index < -0.39 is 11.7 Å². The molecule has 0 spiro atoms. The van der Waals surface area contributed by atoms with Crippen molar-refractivity contribution in [2.24, 2.45) is 0 Å². The number of halogens is 3. The summed E-state index contributed by atoms with van der Waals surface area (Å²) in [4.78, 5) is 13.6. The van der Waals surface area contributed by atoms with Crippen molar-refractivity contribution in [3.63, 3.8) is 0 Å². The summed E-state index contributed by atoms with van der Waals surface area (Å²) in [5, 5.41) is 1.57. The molecule has 0 aliphatic carbocycles. The van der Waals surface area contributed by atoms with Gasteiger partial charge in [0, 0.05) is 25.0 Å². The Kier molecular flexibility index (Phi) is 4.59. The van der Waals surface area contributed by atoms with Gasteiger partial charge in [0.05, 0.1) is 5.56 Å². The van der Waals surface area contributed by atoms with Crippen LogP contribution in [-0.2, 0) is 6.18 Å². The number of hydrogen-bond acceptors (Lipinski definition) is 2. The van der Waals surface area contributed by atoms with E-state index in [-0.39, 0.29) is 5.91 Å². The molecule has 0 fully saturated rings. The standard InChI is InChI=1S/C20H16F3NO2/c1-24(2)19(25)14-6-11-17-13(12-14)4-3-5-18(17)26-16-9-7-15(8-10-16)20(21,22)23/h3-12H,1-2H3. The van der Waals surface area contributed by atoms with Gasteiger partial charge in [0.2, 0.25) is 0 Å². The molecule has 0 atom stereocenters. The number of benzene rings is 3. The molecule has 0 aromatic heterocycles. The van der Waals surface area contributed by atoms with E-state index >= 15 is 0 Å². The van der Waals surface area contributed by atoms with Crippen molar-refractivity contribution in [1.29, 1.82) is 0 Å². The van der Waals surface area contributed by atoms with Crippen LogP contribution in [0.5, 0.6) is 11.5 Å². The molecule has 6 heteroatoms. The number of hydrogen-bond donors (Lipinski definition) is 0. The van der Waals surface area contributed by atoms with E-state index in [0.29, 0.717) is 17.1 Å². The Bertz CT molecular complexity index is 947. The predicted octanol–water partition coefficient (Wildman–Crippen LogP) is 5.35. The second-order valence-electron chi connectivity index (χ2n) is 6.02. The van der Waals surface area contributed by atoms with Gasteiger partial charge < -0.3 is 9.64 Å². The van der Waals surface area contributed by atoms with Crippen LogP contribution in [0.4, 0.5) is 13.2 Å². The summed E-state index contributed by atoms with van der Waals surface area (Å²) in [6, 6.07) is 15.1. The van der Waals surface area contributed by atoms with Crippen LogP contribution >= 0.6 is 0 Å². The zero-order valence-electron chi connectivity index (χ0n) is 14.2. The molecule has 0 N–H and O–H groups in total. The third kappa shape index (κ3) is 3.64. The molecular formula is C20H16F3NO2. The lowest BCUT2D eigenvalue weighted by Crippen LogP contribution is -2.21. The first-order chi connectivity index (χ1) is 12.3. The fraction of sp³-hybridized carbons (Fsp3) is 0.150. The molecule has 0 saturated heterocycles. The highest BCUT2D eigenvalue weighted by atomic mass is 19.4. The van der Waals surface area contributed by atoms with Gasteiger partial charge in [0.15, 0.2) is 0 Å². The number of ether oxygens (including phenoxy) is 1. The van der Waals surface area contributed by atoms with Gasteiger partial charge in [-0.1, -0.05) is 12.1 Å². The number of carbonyl (C=O) groups excluding carboxylic acids is 1. The minimum atomic E-state index is -4.38. The normalized spacial score (nSPS) is 11.4. The zero-order valence-corrected chi connectivity index (χ0v) is 14.2. The summed E-state index contributed by atoms with van der Waals surface area (Å²) in [5.74, 6) is 0.700. The van der Waals surface area contributed by atoms with E-state index in [1.807, 2.05) is 6.07 Å². The van der Waals surface area contributed by atoms with Crippen molar-refractivity contribution in [2.75, 3.05) is 14.1 Å². The highest BCUT2D eigenvalue weighted by Gasteiger charge is 2.30. The molecule has 0 aliphatic heterocycles. The quantitative estimate of drug-likeness (QED) is 0.631. The lowest BCUT2D eigenvalue weighted by atomic mass is 10.1. The number of alkyl halides is 3. The van der Waals surface area contributed by atoms with Gasteiger partial charge in [0.1, 0.15) is 11.5 Å². The van der Waals surface area contributed by atoms with Crippen molar-refractivity contribution in [1.82, 2.24) is 4.90 Å². The lowest BCUT2D eigenvalue weighted by Gasteiger charge is -2.13. The van der Waals surface area contributed by atoms with Crippen molar-refractivity contribution >= 4 is 16.7 Å². The van der Waals surface area contributed by atoms with Crippen LogP contribution < -0.4 is 4.74 Å². The van der Waals surface area contributed by atoms with Gasteiger partial charge in [-0.3, -0.25) is 4.79 Å². The number of fused-ring (bicyclic) bond motifs is 1. The first-order valence-electron chi connectivity index (χ1n) is 7.85. The van der Waals surface area contributed by atoms with Crippen LogP contribution in [0.1, 0.15) is 15.9 Å². The SMILES string of the molecule is CN(C)C(=O)c1ccc2c(Oc3ccc(C(F)(F)F)cc3)cccc2c1. The summed E-state index contributed by atoms with van der Waals surface area (Å²) < 4.78 is 43.7. The number of amides is 1. The number of rotatable bonds is 3. The molecule has 0 bridgehead atoms. The predicted molar refractivity (Wildman–Crippen MR) is 93.5 cm³/mol. The second kappa shape index (κ2) is 6.71. The number of nitrogens with zero attached hydrogens (tertiary/aromatic N) is 1. The molecule has 0 radical (unpaired) electrons. The monoisotopic (exact) mass is 359 g/mol. The molecule has 0 saturated carbocycles. The van der Waals surface area contributed by atoms with Gasteiger partial charge in [0.25, 0.3) is 5.91 Å². The van der Waals surface area contributed by atoms with E-state index in [2.05, 4.69) is 0 Å². The second-order valence-corrected chi connectivity index (χ2v) is 6.02. The molecule has 134 valence electrons. The molecule has 0 unspecified atom stereocenters. The molecule has 3 nitrogen and oxygen atoms in total. The maximum atomic E-state index is 12.6. The highest BCUT2D eigenvalue weighted by Crippen LogP contribution is 2.33. The molecule has 3 rings (SSSR count). The molecule has 1 amide bonds. The van der Waals surface area contributed by atoms with Crippen LogP contribution in [0.2, 0.25) is 0 Å². The van der Waals surface area contributed by atoms with Gasteiger partial charge >= 0.3 is 6.18 Å². The average Bonchev–Trinajstić information content (AvgIpc) is 2.60. The zero-order chi connectivity index (χ0) is 18.9. The lowest BCUT2D eigenvalue weighted by molar-refractivity contribution is -0.137. The number of carbonyl (C=O) groups is 1. The van der Waals surface area contributed by atoms with Gasteiger partial charge in [-0.25, -0.2) is 0 Å². The Morgan fingerprint density at radius 1 is 0.962 bits per heavy atom. The first-order valence-corrected chi connectivity index (χ1v) is 7.85. The van der Waals surface area contributed by atoms with Crippen LogP contribution in [-0.4, -0.2) is 24.9 Å². The summed E-state index contributed by atoms with van der Waals surface area (Å²) in [7, 11) is 3.35. The highest BCUT2D eigenvalue weighted by molar-refractivity contribution is 5.99. The van der Waals surface area contributed by atoms with Crippen molar-refractivity contribution < 1.29 is 22.7 Å². The Morgan fingerprint density at radius 2 is 1.65 bits per heavy atom. The van der Waals surface area contributed by atoms with E-state index in [1.165, 1.54) is 17.0 Å². The molecule has 3 aromatic carbocycles. The maximum Gasteiger partial charge on any atom is 0.416 e. The molecular weight excluding hydrogens is 343 g/mol. The van der Waals surface area contributed by atoms with Crippen molar-refractivity contribution in [2.45, 2.75) is 6.18 Å². The summed E-state index contributed by atoms with van der Waals surface area (Å²) in [6.45, 7) is 0. The summed E-state index contributed by atoms with van der Waals surface area (Å²) in [6.07, 6.45) is -4.38. The van der Waals surface area contributed by atoms with E-state index in [0.717, 1.165) is 22.9 Å². The Morgan fingerprint density at radius 3 is 2.27 bits per heavy atom. The third-order valence-electron chi connectivity index (χ3n) is 3.90. The van der Waals surface area contributed by atoms with Crippen LogP contribution in [0.15, 0.2) is 60.7 Å². The minimum Gasteiger partial charge on any atom is -0.457 e. The fourth-order valence-corrected chi connectivity index (χ4v) is 2.57. The Hall–Kier alpha value is -3.02. The molecule has 26 heavy (non-hydrogen) atoms. The average molecular weight is 359 g/mol. The smallest absolute Gasteiger partial charge is 0.416 e. The fourth-order valence-electron chi connectivity index (χ4n) is 2.57. The van der Waals surface area contributed by atoms with Crippen molar-refractivity contribution in [3.8, 4) is 11.5 Å². The maximum absolute atomic E-state index is 12.6. The van der Waals surface area contributed by atoms with Crippen molar-refractivity contribution in [3.05, 3.63) is 71.8 Å². The Labute approximate surface area is 148 Å². The van der Waals surface area contributed by atoms with Crippen LogP contribution in [0.3, 0.4) is 0 Å². The largest absolute Gasteiger partial charge is 0.457 e. The van der Waals surface area contributed by atoms with Gasteiger partial charge in [-0.15, -0.1) is 0 Å². The third-order valence-corrected chi connectivity index (χ3v) is 3.90. The Balaban J connectivity index is 1.92.